The minimum Gasteiger partial charge on any atom is -0.481 e. The van der Waals surface area contributed by atoms with E-state index >= 15 is 0 Å². The van der Waals surface area contributed by atoms with E-state index in [-0.39, 0.29) is 18.4 Å². The smallest absolute Gasteiger partial charge is 0.304 e. The Morgan fingerprint density at radius 2 is 2.12 bits per heavy atom. The Kier molecular flexibility index (Phi) is 2.94. The molecule has 88 valence electrons. The van der Waals surface area contributed by atoms with E-state index in [0.717, 1.165) is 25.7 Å². The van der Waals surface area contributed by atoms with Crippen molar-refractivity contribution >= 4 is 17.6 Å². The second-order valence-corrected chi connectivity index (χ2v) is 4.51. The van der Waals surface area contributed by atoms with Crippen LogP contribution in [0, 0.1) is 5.92 Å². The lowest BCUT2D eigenvalue weighted by Gasteiger charge is -2.20. The van der Waals surface area contributed by atoms with Gasteiger partial charge in [-0.3, -0.25) is 9.59 Å². The molecule has 5 nitrogen and oxygen atoms in total. The Hall–Kier alpha value is -1.39. The van der Waals surface area contributed by atoms with Gasteiger partial charge < -0.3 is 5.11 Å². The Labute approximate surface area is 94.1 Å². The average molecular weight is 224 g/mol. The first kappa shape index (κ1) is 11.1. The standard InChI is InChI=1S/C11H16N2O3/c1-7-9(6-10(14)15)11(16)13(12-7)8-4-2-3-5-8/h8-9H,2-6H2,1H3,(H,14,15). The maximum absolute atomic E-state index is 12.0. The second kappa shape index (κ2) is 4.23. The molecule has 1 aliphatic heterocycles. The molecule has 16 heavy (non-hydrogen) atoms. The molecule has 1 N–H and O–H groups in total. The van der Waals surface area contributed by atoms with Gasteiger partial charge in [0.15, 0.2) is 0 Å². The van der Waals surface area contributed by atoms with Crippen molar-refractivity contribution in [2.45, 2.75) is 45.1 Å². The number of carbonyl (C=O) groups excluding carboxylic acids is 1. The topological polar surface area (TPSA) is 70.0 Å². The van der Waals surface area contributed by atoms with Crippen LogP contribution in [-0.4, -0.2) is 33.7 Å². The number of hydrazone groups is 1. The molecule has 1 unspecified atom stereocenters. The molecule has 5 heteroatoms. The Bertz CT molecular complexity index is 345. The summed E-state index contributed by atoms with van der Waals surface area (Å²) in [6.45, 7) is 1.74. The predicted molar refractivity (Wildman–Crippen MR) is 58.0 cm³/mol. The van der Waals surface area contributed by atoms with E-state index in [2.05, 4.69) is 5.10 Å². The highest BCUT2D eigenvalue weighted by molar-refractivity contribution is 6.08. The van der Waals surface area contributed by atoms with Crippen LogP contribution in [-0.2, 0) is 9.59 Å². The van der Waals surface area contributed by atoms with E-state index in [1.807, 2.05) is 0 Å². The van der Waals surface area contributed by atoms with Gasteiger partial charge in [-0.1, -0.05) is 12.8 Å². The van der Waals surface area contributed by atoms with Gasteiger partial charge in [-0.05, 0) is 19.8 Å². The van der Waals surface area contributed by atoms with E-state index in [1.54, 1.807) is 6.92 Å². The van der Waals surface area contributed by atoms with Gasteiger partial charge in [0.05, 0.1) is 18.4 Å². The Morgan fingerprint density at radius 3 is 2.69 bits per heavy atom. The van der Waals surface area contributed by atoms with Gasteiger partial charge in [-0.2, -0.15) is 5.10 Å². The summed E-state index contributed by atoms with van der Waals surface area (Å²) >= 11 is 0. The van der Waals surface area contributed by atoms with Gasteiger partial charge >= 0.3 is 5.97 Å². The van der Waals surface area contributed by atoms with Crippen LogP contribution >= 0.6 is 0 Å². The molecule has 1 saturated carbocycles. The number of aliphatic carboxylic acids is 1. The van der Waals surface area contributed by atoms with Crippen molar-refractivity contribution in [3.63, 3.8) is 0 Å². The molecule has 0 bridgehead atoms. The molecule has 1 heterocycles. The van der Waals surface area contributed by atoms with Crippen LogP contribution in [0.4, 0.5) is 0 Å². The highest BCUT2D eigenvalue weighted by Crippen LogP contribution is 2.29. The Morgan fingerprint density at radius 1 is 1.50 bits per heavy atom. The van der Waals surface area contributed by atoms with Gasteiger partial charge in [0.25, 0.3) is 5.91 Å². The zero-order valence-corrected chi connectivity index (χ0v) is 9.35. The largest absolute Gasteiger partial charge is 0.481 e. The van der Waals surface area contributed by atoms with Crippen LogP contribution in [0.5, 0.6) is 0 Å². The fraction of sp³-hybridized carbons (Fsp3) is 0.727. The monoisotopic (exact) mass is 224 g/mol. The Balaban J connectivity index is 2.08. The third-order valence-electron chi connectivity index (χ3n) is 3.34. The molecular formula is C11H16N2O3. The first-order valence-electron chi connectivity index (χ1n) is 5.69. The molecule has 0 aromatic heterocycles. The van der Waals surface area contributed by atoms with Crippen LogP contribution in [0.15, 0.2) is 5.10 Å². The van der Waals surface area contributed by atoms with E-state index in [9.17, 15) is 9.59 Å². The molecule has 1 atom stereocenters. The fourth-order valence-electron chi connectivity index (χ4n) is 2.45. The van der Waals surface area contributed by atoms with Crippen molar-refractivity contribution < 1.29 is 14.7 Å². The number of amides is 1. The van der Waals surface area contributed by atoms with E-state index in [0.29, 0.717) is 5.71 Å². The molecule has 1 aliphatic carbocycles. The summed E-state index contributed by atoms with van der Waals surface area (Å²) in [6.07, 6.45) is 4.10. The van der Waals surface area contributed by atoms with Crippen LogP contribution in [0.2, 0.25) is 0 Å². The van der Waals surface area contributed by atoms with Crippen molar-refractivity contribution in [3.8, 4) is 0 Å². The molecule has 2 rings (SSSR count). The van der Waals surface area contributed by atoms with Crippen molar-refractivity contribution in [1.29, 1.82) is 0 Å². The average Bonchev–Trinajstić information content (AvgIpc) is 2.80. The van der Waals surface area contributed by atoms with Crippen molar-refractivity contribution in [1.82, 2.24) is 5.01 Å². The van der Waals surface area contributed by atoms with Gasteiger partial charge in [0.2, 0.25) is 0 Å². The lowest BCUT2D eigenvalue weighted by molar-refractivity contribution is -0.142. The number of carboxylic acid groups (broad SMARTS) is 1. The van der Waals surface area contributed by atoms with Gasteiger partial charge in [0, 0.05) is 5.71 Å². The summed E-state index contributed by atoms with van der Waals surface area (Å²) in [4.78, 5) is 22.6. The number of carboxylic acids is 1. The highest BCUT2D eigenvalue weighted by atomic mass is 16.4. The summed E-state index contributed by atoms with van der Waals surface area (Å²) in [5, 5.41) is 14.5. The third-order valence-corrected chi connectivity index (χ3v) is 3.34. The van der Waals surface area contributed by atoms with E-state index in [4.69, 9.17) is 5.11 Å². The molecule has 1 fully saturated rings. The first-order valence-corrected chi connectivity index (χ1v) is 5.69. The summed E-state index contributed by atoms with van der Waals surface area (Å²) in [5.74, 6) is -1.62. The summed E-state index contributed by atoms with van der Waals surface area (Å²) in [6, 6.07) is 0.196. The number of rotatable bonds is 3. The van der Waals surface area contributed by atoms with Gasteiger partial charge in [-0.25, -0.2) is 5.01 Å². The van der Waals surface area contributed by atoms with Crippen molar-refractivity contribution in [2.75, 3.05) is 0 Å². The van der Waals surface area contributed by atoms with Crippen LogP contribution in [0.25, 0.3) is 0 Å². The summed E-state index contributed by atoms with van der Waals surface area (Å²) < 4.78 is 0. The predicted octanol–water partition coefficient (Wildman–Crippen LogP) is 1.24. The second-order valence-electron chi connectivity index (χ2n) is 4.51. The quantitative estimate of drug-likeness (QED) is 0.784. The number of nitrogens with zero attached hydrogens (tertiary/aromatic N) is 2. The minimum absolute atomic E-state index is 0.133. The summed E-state index contributed by atoms with van der Waals surface area (Å²) in [7, 11) is 0. The van der Waals surface area contributed by atoms with Crippen molar-refractivity contribution in [2.24, 2.45) is 11.0 Å². The number of hydrogen-bond acceptors (Lipinski definition) is 3. The van der Waals surface area contributed by atoms with Gasteiger partial charge in [0.1, 0.15) is 0 Å². The van der Waals surface area contributed by atoms with Crippen molar-refractivity contribution in [3.05, 3.63) is 0 Å². The highest BCUT2D eigenvalue weighted by Gasteiger charge is 2.39. The van der Waals surface area contributed by atoms with Crippen LogP contribution < -0.4 is 0 Å². The van der Waals surface area contributed by atoms with Crippen LogP contribution in [0.1, 0.15) is 39.0 Å². The van der Waals surface area contributed by atoms with Gasteiger partial charge in [-0.15, -0.1) is 0 Å². The molecule has 0 spiro atoms. The molecule has 0 aromatic rings. The third kappa shape index (κ3) is 1.94. The SMILES string of the molecule is CC1=NN(C2CCCC2)C(=O)C1CC(=O)O. The maximum Gasteiger partial charge on any atom is 0.304 e. The van der Waals surface area contributed by atoms with Crippen LogP contribution in [0.3, 0.4) is 0 Å². The van der Waals surface area contributed by atoms with E-state index < -0.39 is 11.9 Å². The lowest BCUT2D eigenvalue weighted by atomic mass is 10.0. The maximum atomic E-state index is 12.0. The molecule has 1 amide bonds. The minimum atomic E-state index is -0.943. The molecule has 0 saturated heterocycles. The molecular weight excluding hydrogens is 208 g/mol. The first-order chi connectivity index (χ1) is 7.59. The number of carbonyl (C=O) groups is 2. The lowest BCUT2D eigenvalue weighted by Crippen LogP contribution is -2.35. The number of hydrogen-bond donors (Lipinski definition) is 1. The summed E-state index contributed by atoms with van der Waals surface area (Å²) in [5.41, 5.74) is 0.638. The zero-order chi connectivity index (χ0) is 11.7. The molecule has 0 aromatic carbocycles. The molecule has 2 aliphatic rings. The molecule has 0 radical (unpaired) electrons. The zero-order valence-electron chi connectivity index (χ0n) is 9.35. The van der Waals surface area contributed by atoms with E-state index in [1.165, 1.54) is 5.01 Å². The fourth-order valence-corrected chi connectivity index (χ4v) is 2.45. The normalized spacial score (nSPS) is 26.3.